The van der Waals surface area contributed by atoms with Gasteiger partial charge >= 0.3 is 0 Å². The van der Waals surface area contributed by atoms with Gasteiger partial charge in [0.2, 0.25) is 21.8 Å². The molecule has 2 amide bonds. The van der Waals surface area contributed by atoms with Crippen LogP contribution >= 0.6 is 23.2 Å². The van der Waals surface area contributed by atoms with E-state index in [-0.39, 0.29) is 18.1 Å². The summed E-state index contributed by atoms with van der Waals surface area (Å²) in [5.41, 5.74) is 0.813. The van der Waals surface area contributed by atoms with E-state index in [4.69, 9.17) is 32.7 Å². The predicted molar refractivity (Wildman–Crippen MR) is 139 cm³/mol. The molecule has 0 spiro atoms. The maximum absolute atomic E-state index is 13.7. The Morgan fingerprint density at radius 2 is 1.75 bits per heavy atom. The second-order valence-electron chi connectivity index (χ2n) is 8.17. The number of carbonyl (C=O) groups is 2. The average Bonchev–Trinajstić information content (AvgIpc) is 2.82. The quantitative estimate of drug-likeness (QED) is 0.479. The zero-order valence-corrected chi connectivity index (χ0v) is 22.6. The molecule has 0 bridgehead atoms. The molecule has 1 aliphatic rings. The van der Waals surface area contributed by atoms with Gasteiger partial charge in [-0.25, -0.2) is 8.42 Å². The number of carbonyl (C=O) groups excluding carboxylic acids is 2. The van der Waals surface area contributed by atoms with Crippen LogP contribution in [-0.4, -0.2) is 63.7 Å². The zero-order chi connectivity index (χ0) is 26.5. The molecule has 2 aromatic carbocycles. The van der Waals surface area contributed by atoms with Gasteiger partial charge in [-0.3, -0.25) is 13.9 Å². The molecule has 1 heterocycles. The summed E-state index contributed by atoms with van der Waals surface area (Å²) in [6, 6.07) is 8.67. The summed E-state index contributed by atoms with van der Waals surface area (Å²) in [4.78, 5) is 27.9. The molecule has 3 rings (SSSR count). The van der Waals surface area contributed by atoms with E-state index in [2.05, 4.69) is 5.32 Å². The number of hydrogen-bond acceptors (Lipinski definition) is 6. The number of hydrogen-bond donors (Lipinski definition) is 1. The zero-order valence-electron chi connectivity index (χ0n) is 20.3. The Labute approximate surface area is 221 Å². The van der Waals surface area contributed by atoms with E-state index in [9.17, 15) is 18.0 Å². The van der Waals surface area contributed by atoms with Gasteiger partial charge in [0.15, 0.2) is 11.5 Å². The molecule has 9 nitrogen and oxygen atoms in total. The molecule has 1 aliphatic heterocycles. The summed E-state index contributed by atoms with van der Waals surface area (Å²) in [6.45, 7) is 4.11. The summed E-state index contributed by atoms with van der Waals surface area (Å²) in [5.74, 6) is -0.0346. The van der Waals surface area contributed by atoms with Crippen molar-refractivity contribution in [2.45, 2.75) is 32.9 Å². The molecule has 0 radical (unpaired) electrons. The third kappa shape index (κ3) is 6.74. The summed E-state index contributed by atoms with van der Waals surface area (Å²) in [7, 11) is -3.88. The molecule has 196 valence electrons. The molecule has 12 heteroatoms. The van der Waals surface area contributed by atoms with Gasteiger partial charge in [0.1, 0.15) is 25.8 Å². The number of halogens is 2. The Morgan fingerprint density at radius 3 is 2.36 bits per heavy atom. The van der Waals surface area contributed by atoms with E-state index in [1.165, 1.54) is 11.0 Å². The van der Waals surface area contributed by atoms with Gasteiger partial charge < -0.3 is 19.7 Å². The van der Waals surface area contributed by atoms with E-state index in [1.807, 2.05) is 0 Å². The lowest BCUT2D eigenvalue weighted by atomic mass is 10.1. The van der Waals surface area contributed by atoms with Crippen molar-refractivity contribution < 1.29 is 27.5 Å². The number of ether oxygens (including phenoxy) is 2. The van der Waals surface area contributed by atoms with Crippen molar-refractivity contribution in [2.24, 2.45) is 0 Å². The highest BCUT2D eigenvalue weighted by molar-refractivity contribution is 7.92. The minimum Gasteiger partial charge on any atom is -0.486 e. The van der Waals surface area contributed by atoms with E-state index >= 15 is 0 Å². The maximum Gasteiger partial charge on any atom is 0.244 e. The largest absolute Gasteiger partial charge is 0.486 e. The number of fused-ring (bicyclic) bond motifs is 1. The van der Waals surface area contributed by atoms with Crippen molar-refractivity contribution in [2.75, 3.05) is 36.9 Å². The highest BCUT2D eigenvalue weighted by atomic mass is 35.5. The second-order valence-corrected chi connectivity index (χ2v) is 10.9. The fourth-order valence-electron chi connectivity index (χ4n) is 3.85. The lowest BCUT2D eigenvalue weighted by Gasteiger charge is -2.33. The number of sulfonamides is 1. The number of nitrogens with zero attached hydrogens (tertiary/aromatic N) is 2. The monoisotopic (exact) mass is 557 g/mol. The van der Waals surface area contributed by atoms with Crippen LogP contribution in [0, 0.1) is 0 Å². The fourth-order valence-corrected chi connectivity index (χ4v) is 5.16. The number of nitrogens with one attached hydrogen (secondary N) is 1. The molecule has 1 N–H and O–H groups in total. The van der Waals surface area contributed by atoms with Gasteiger partial charge in [0.25, 0.3) is 0 Å². The molecule has 0 fully saturated rings. The summed E-state index contributed by atoms with van der Waals surface area (Å²) in [5, 5.41) is 3.50. The van der Waals surface area contributed by atoms with Crippen LogP contribution in [0.5, 0.6) is 11.5 Å². The normalized spacial score (nSPS) is 13.6. The Bertz CT molecular complexity index is 1220. The van der Waals surface area contributed by atoms with Crippen molar-refractivity contribution in [1.29, 1.82) is 0 Å². The van der Waals surface area contributed by atoms with E-state index in [0.29, 0.717) is 53.3 Å². The van der Waals surface area contributed by atoms with Crippen LogP contribution in [0.25, 0.3) is 0 Å². The third-order valence-electron chi connectivity index (χ3n) is 5.59. The second kappa shape index (κ2) is 12.0. The number of amides is 2. The standard InChI is InChI=1S/C24H29Cl2N3O6S/c1-4-20(24(31)27-5-2)28(14-16-6-7-17(25)12-19(16)26)23(30)15-29(36(3,32)33)18-8-9-21-22(13-18)35-11-10-34-21/h6-9,12-13,20H,4-5,10-11,14-15H2,1-3H3,(H,27,31)/t20-/m1/s1. The molecule has 0 aliphatic carbocycles. The number of likely N-dealkylation sites (N-methyl/N-ethyl adjacent to an activating group) is 1. The molecule has 1 atom stereocenters. The average molecular weight is 558 g/mol. The first-order valence-corrected chi connectivity index (χ1v) is 14.0. The van der Waals surface area contributed by atoms with E-state index < -0.39 is 28.5 Å². The Balaban J connectivity index is 1.97. The van der Waals surface area contributed by atoms with E-state index in [0.717, 1.165) is 10.6 Å². The van der Waals surface area contributed by atoms with Gasteiger partial charge in [-0.1, -0.05) is 36.2 Å². The first kappa shape index (κ1) is 27.9. The number of anilines is 1. The van der Waals surface area contributed by atoms with Gasteiger partial charge in [-0.05, 0) is 43.2 Å². The molecule has 2 aromatic rings. The van der Waals surface area contributed by atoms with Crippen molar-refractivity contribution in [3.05, 3.63) is 52.0 Å². The highest BCUT2D eigenvalue weighted by Gasteiger charge is 2.32. The van der Waals surface area contributed by atoms with Crippen molar-refractivity contribution in [3.63, 3.8) is 0 Å². The maximum atomic E-state index is 13.7. The molecule has 0 saturated carbocycles. The molecular weight excluding hydrogens is 529 g/mol. The third-order valence-corrected chi connectivity index (χ3v) is 7.31. The Morgan fingerprint density at radius 1 is 1.06 bits per heavy atom. The fraction of sp³-hybridized carbons (Fsp3) is 0.417. The smallest absolute Gasteiger partial charge is 0.244 e. The van der Waals surface area contributed by atoms with Gasteiger partial charge in [-0.2, -0.15) is 0 Å². The van der Waals surface area contributed by atoms with Gasteiger partial charge in [-0.15, -0.1) is 0 Å². The number of benzene rings is 2. The lowest BCUT2D eigenvalue weighted by molar-refractivity contribution is -0.140. The van der Waals surface area contributed by atoms with Crippen molar-refractivity contribution >= 4 is 50.7 Å². The molecule has 36 heavy (non-hydrogen) atoms. The molecule has 0 aromatic heterocycles. The lowest BCUT2D eigenvalue weighted by Crippen LogP contribution is -2.52. The summed E-state index contributed by atoms with van der Waals surface area (Å²) in [6.07, 6.45) is 1.32. The first-order chi connectivity index (χ1) is 17.0. The molecular formula is C24H29Cl2N3O6S. The van der Waals surface area contributed by atoms with Crippen LogP contribution < -0.4 is 19.1 Å². The van der Waals surface area contributed by atoms with Crippen LogP contribution in [-0.2, 0) is 26.2 Å². The predicted octanol–water partition coefficient (Wildman–Crippen LogP) is 3.47. The Kier molecular flexibility index (Phi) is 9.32. The highest BCUT2D eigenvalue weighted by Crippen LogP contribution is 2.35. The van der Waals surface area contributed by atoms with Crippen LogP contribution in [0.3, 0.4) is 0 Å². The van der Waals surface area contributed by atoms with Gasteiger partial charge in [0, 0.05) is 29.2 Å². The number of rotatable bonds is 10. The van der Waals surface area contributed by atoms with Crippen LogP contribution in [0.15, 0.2) is 36.4 Å². The molecule has 0 unspecified atom stereocenters. The minimum atomic E-state index is -3.88. The van der Waals surface area contributed by atoms with E-state index in [1.54, 1.807) is 44.2 Å². The van der Waals surface area contributed by atoms with Crippen molar-refractivity contribution in [3.8, 4) is 11.5 Å². The SMILES string of the molecule is CCNC(=O)[C@@H](CC)N(Cc1ccc(Cl)cc1Cl)C(=O)CN(c1ccc2c(c1)OCCO2)S(C)(=O)=O. The van der Waals surface area contributed by atoms with Crippen molar-refractivity contribution in [1.82, 2.24) is 10.2 Å². The van der Waals surface area contributed by atoms with Crippen LogP contribution in [0.2, 0.25) is 10.0 Å². The topological polar surface area (TPSA) is 105 Å². The van der Waals surface area contributed by atoms with Crippen LogP contribution in [0.1, 0.15) is 25.8 Å². The first-order valence-electron chi connectivity index (χ1n) is 11.4. The summed E-state index contributed by atoms with van der Waals surface area (Å²) < 4.78 is 37.6. The molecule has 0 saturated heterocycles. The van der Waals surface area contributed by atoms with Crippen LogP contribution in [0.4, 0.5) is 5.69 Å². The summed E-state index contributed by atoms with van der Waals surface area (Å²) >= 11 is 12.4. The van der Waals surface area contributed by atoms with Gasteiger partial charge in [0.05, 0.1) is 11.9 Å². The Hall–Kier alpha value is -2.69. The minimum absolute atomic E-state index is 0.0107.